The van der Waals surface area contributed by atoms with Gasteiger partial charge in [0, 0.05) is 24.0 Å². The van der Waals surface area contributed by atoms with Gasteiger partial charge in [0.2, 0.25) is 0 Å². The Labute approximate surface area is 124 Å². The lowest BCUT2D eigenvalue weighted by Crippen LogP contribution is -2.17. The van der Waals surface area contributed by atoms with E-state index in [1.165, 1.54) is 5.56 Å². The highest BCUT2D eigenvalue weighted by atomic mass is 35.5. The molecule has 1 N–H and O–H groups in total. The zero-order valence-electron chi connectivity index (χ0n) is 10.8. The molecule has 1 atom stereocenters. The van der Waals surface area contributed by atoms with Crippen molar-refractivity contribution < 1.29 is 5.11 Å². The SMILES string of the molecule is Cc1nccn1CC(O)CCc1ccc(Cl)cc1.Cl. The molecule has 104 valence electrons. The van der Waals surface area contributed by atoms with Crippen molar-refractivity contribution >= 4 is 24.0 Å². The monoisotopic (exact) mass is 300 g/mol. The van der Waals surface area contributed by atoms with Gasteiger partial charge >= 0.3 is 0 Å². The summed E-state index contributed by atoms with van der Waals surface area (Å²) in [7, 11) is 0. The Kier molecular flexibility index (Phi) is 6.35. The highest BCUT2D eigenvalue weighted by molar-refractivity contribution is 6.30. The van der Waals surface area contributed by atoms with Crippen molar-refractivity contribution in [2.75, 3.05) is 0 Å². The first-order valence-corrected chi connectivity index (χ1v) is 6.43. The smallest absolute Gasteiger partial charge is 0.105 e. The van der Waals surface area contributed by atoms with Crippen LogP contribution in [0.25, 0.3) is 0 Å². The summed E-state index contributed by atoms with van der Waals surface area (Å²) in [5.41, 5.74) is 1.20. The van der Waals surface area contributed by atoms with Crippen LogP contribution < -0.4 is 0 Å². The molecule has 2 aromatic rings. The van der Waals surface area contributed by atoms with Crippen LogP contribution in [0.4, 0.5) is 0 Å². The molecule has 2 rings (SSSR count). The lowest BCUT2D eigenvalue weighted by molar-refractivity contribution is 0.144. The third-order valence-electron chi connectivity index (χ3n) is 3.01. The number of hydrogen-bond acceptors (Lipinski definition) is 2. The number of aryl methyl sites for hydroxylation is 2. The molecule has 1 aromatic carbocycles. The number of imidazole rings is 1. The first-order valence-electron chi connectivity index (χ1n) is 6.05. The van der Waals surface area contributed by atoms with Crippen LogP contribution in [0.15, 0.2) is 36.7 Å². The van der Waals surface area contributed by atoms with Gasteiger partial charge in [-0.1, -0.05) is 23.7 Å². The van der Waals surface area contributed by atoms with E-state index in [-0.39, 0.29) is 18.5 Å². The first kappa shape index (κ1) is 16.0. The average molecular weight is 301 g/mol. The van der Waals surface area contributed by atoms with Crippen LogP contribution in [0.2, 0.25) is 5.02 Å². The predicted octanol–water partition coefficient (Wildman–Crippen LogP) is 3.26. The van der Waals surface area contributed by atoms with Gasteiger partial charge in [0.1, 0.15) is 5.82 Å². The summed E-state index contributed by atoms with van der Waals surface area (Å²) in [5.74, 6) is 0.931. The Morgan fingerprint density at radius 1 is 1.32 bits per heavy atom. The van der Waals surface area contributed by atoms with Gasteiger partial charge in [-0.05, 0) is 37.5 Å². The predicted molar refractivity (Wildman–Crippen MR) is 80.0 cm³/mol. The van der Waals surface area contributed by atoms with E-state index < -0.39 is 0 Å². The van der Waals surface area contributed by atoms with Gasteiger partial charge in [0.25, 0.3) is 0 Å². The summed E-state index contributed by atoms with van der Waals surface area (Å²) in [6.45, 7) is 2.53. The molecule has 0 spiro atoms. The third kappa shape index (κ3) is 4.86. The van der Waals surface area contributed by atoms with Gasteiger partial charge in [0.05, 0.1) is 6.10 Å². The molecule has 1 unspecified atom stereocenters. The fourth-order valence-electron chi connectivity index (χ4n) is 1.90. The van der Waals surface area contributed by atoms with Crippen LogP contribution in [0.5, 0.6) is 0 Å². The fraction of sp³-hybridized carbons (Fsp3) is 0.357. The summed E-state index contributed by atoms with van der Waals surface area (Å²) in [4.78, 5) is 4.13. The lowest BCUT2D eigenvalue weighted by atomic mass is 10.1. The van der Waals surface area contributed by atoms with Crippen LogP contribution in [0.3, 0.4) is 0 Å². The van der Waals surface area contributed by atoms with E-state index in [1.54, 1.807) is 6.20 Å². The molecule has 1 aromatic heterocycles. The van der Waals surface area contributed by atoms with Crippen molar-refractivity contribution in [3.63, 3.8) is 0 Å². The number of nitrogens with zero attached hydrogens (tertiary/aromatic N) is 2. The van der Waals surface area contributed by atoms with Crippen molar-refractivity contribution in [3.05, 3.63) is 53.1 Å². The van der Waals surface area contributed by atoms with E-state index in [2.05, 4.69) is 4.98 Å². The van der Waals surface area contributed by atoms with E-state index >= 15 is 0 Å². The van der Waals surface area contributed by atoms with Crippen molar-refractivity contribution in [1.29, 1.82) is 0 Å². The number of aromatic nitrogens is 2. The highest BCUT2D eigenvalue weighted by Crippen LogP contribution is 2.12. The molecule has 3 nitrogen and oxygen atoms in total. The van der Waals surface area contributed by atoms with Gasteiger partial charge in [-0.3, -0.25) is 0 Å². The number of aliphatic hydroxyl groups is 1. The Bertz CT molecular complexity index is 496. The first-order chi connectivity index (χ1) is 8.65. The largest absolute Gasteiger partial charge is 0.391 e. The number of halogens is 2. The van der Waals surface area contributed by atoms with Crippen LogP contribution >= 0.6 is 24.0 Å². The van der Waals surface area contributed by atoms with Gasteiger partial charge in [-0.2, -0.15) is 0 Å². The van der Waals surface area contributed by atoms with Crippen LogP contribution in [-0.2, 0) is 13.0 Å². The molecule has 0 aliphatic carbocycles. The topological polar surface area (TPSA) is 38.0 Å². The molecule has 0 saturated carbocycles. The minimum absolute atomic E-state index is 0. The number of aliphatic hydroxyl groups excluding tert-OH is 1. The second-order valence-electron chi connectivity index (χ2n) is 4.45. The summed E-state index contributed by atoms with van der Waals surface area (Å²) < 4.78 is 1.96. The van der Waals surface area contributed by atoms with Gasteiger partial charge in [-0.15, -0.1) is 12.4 Å². The van der Waals surface area contributed by atoms with Crippen molar-refractivity contribution in [2.45, 2.75) is 32.4 Å². The van der Waals surface area contributed by atoms with Crippen LogP contribution in [-0.4, -0.2) is 20.8 Å². The molecule has 0 radical (unpaired) electrons. The molecule has 0 fully saturated rings. The molecule has 0 saturated heterocycles. The molecule has 5 heteroatoms. The number of hydrogen-bond donors (Lipinski definition) is 1. The summed E-state index contributed by atoms with van der Waals surface area (Å²) in [6, 6.07) is 7.75. The van der Waals surface area contributed by atoms with Gasteiger partial charge < -0.3 is 9.67 Å². The van der Waals surface area contributed by atoms with Crippen molar-refractivity contribution in [2.24, 2.45) is 0 Å². The van der Waals surface area contributed by atoms with Gasteiger partial charge in [-0.25, -0.2) is 4.98 Å². The molecule has 0 aliphatic rings. The third-order valence-corrected chi connectivity index (χ3v) is 3.26. The Morgan fingerprint density at radius 2 is 2.00 bits per heavy atom. The maximum absolute atomic E-state index is 9.99. The molecule has 1 heterocycles. The standard InChI is InChI=1S/C14H17ClN2O.ClH/c1-11-16-8-9-17(11)10-14(18)7-4-12-2-5-13(15)6-3-12;/h2-3,5-6,8-9,14,18H,4,7,10H2,1H3;1H. The van der Waals surface area contributed by atoms with E-state index in [9.17, 15) is 5.11 Å². The maximum atomic E-state index is 9.99. The Hall–Kier alpha value is -1.03. The molecule has 0 aliphatic heterocycles. The Morgan fingerprint density at radius 3 is 2.58 bits per heavy atom. The highest BCUT2D eigenvalue weighted by Gasteiger charge is 2.07. The minimum Gasteiger partial charge on any atom is -0.391 e. The number of benzene rings is 1. The van der Waals surface area contributed by atoms with E-state index in [0.717, 1.165) is 23.7 Å². The molecular weight excluding hydrogens is 283 g/mol. The van der Waals surface area contributed by atoms with Crippen LogP contribution in [0, 0.1) is 6.92 Å². The molecular formula is C14H18Cl2N2O. The summed E-state index contributed by atoms with van der Waals surface area (Å²) in [6.07, 6.45) is 4.88. The second kappa shape index (κ2) is 7.53. The Balaban J connectivity index is 0.00000180. The zero-order valence-corrected chi connectivity index (χ0v) is 12.4. The zero-order chi connectivity index (χ0) is 13.0. The van der Waals surface area contributed by atoms with E-state index in [1.807, 2.05) is 42.0 Å². The maximum Gasteiger partial charge on any atom is 0.105 e. The van der Waals surface area contributed by atoms with Crippen LogP contribution in [0.1, 0.15) is 17.8 Å². The van der Waals surface area contributed by atoms with E-state index in [0.29, 0.717) is 6.54 Å². The van der Waals surface area contributed by atoms with Gasteiger partial charge in [0.15, 0.2) is 0 Å². The lowest BCUT2D eigenvalue weighted by Gasteiger charge is -2.12. The van der Waals surface area contributed by atoms with Crippen molar-refractivity contribution in [3.8, 4) is 0 Å². The molecule has 19 heavy (non-hydrogen) atoms. The second-order valence-corrected chi connectivity index (χ2v) is 4.88. The fourth-order valence-corrected chi connectivity index (χ4v) is 2.03. The minimum atomic E-state index is -0.353. The molecule has 0 bridgehead atoms. The van der Waals surface area contributed by atoms with E-state index in [4.69, 9.17) is 11.6 Å². The van der Waals surface area contributed by atoms with Crippen molar-refractivity contribution in [1.82, 2.24) is 9.55 Å². The summed E-state index contributed by atoms with van der Waals surface area (Å²) in [5, 5.41) is 10.7. The molecule has 0 amide bonds. The number of rotatable bonds is 5. The quantitative estimate of drug-likeness (QED) is 0.920. The normalized spacial score (nSPS) is 11.9. The summed E-state index contributed by atoms with van der Waals surface area (Å²) >= 11 is 5.83. The average Bonchev–Trinajstić information content (AvgIpc) is 2.74.